The first kappa shape index (κ1) is 81.7. The number of piperazine rings is 2. The van der Waals surface area contributed by atoms with Crippen molar-refractivity contribution in [2.45, 2.75) is 85.9 Å². The van der Waals surface area contributed by atoms with E-state index in [1.807, 2.05) is 174 Å². The van der Waals surface area contributed by atoms with Crippen molar-refractivity contribution in [3.8, 4) is 51.6 Å². The number of fused-ring (bicyclic) bond motifs is 3. The van der Waals surface area contributed by atoms with E-state index in [2.05, 4.69) is 56.2 Å². The van der Waals surface area contributed by atoms with Crippen molar-refractivity contribution in [2.75, 3.05) is 80.3 Å². The van der Waals surface area contributed by atoms with Crippen LogP contribution in [0.15, 0.2) is 135 Å². The molecule has 6 heterocycles. The molecule has 103 heavy (non-hydrogen) atoms. The monoisotopic (exact) mass is 1540 g/mol. The predicted octanol–water partition coefficient (Wildman–Crippen LogP) is 18.6. The highest BCUT2D eigenvalue weighted by atomic mass is 35.5. The van der Waals surface area contributed by atoms with E-state index in [-0.39, 0.29) is 24.2 Å². The number of carbonyl (C=O) groups is 3. The first-order chi connectivity index (χ1) is 48.7. The van der Waals surface area contributed by atoms with Crippen LogP contribution in [0.4, 0.5) is 22.2 Å². The number of rotatable bonds is 10. The summed E-state index contributed by atoms with van der Waals surface area (Å²) >= 11 is 42.6. The zero-order chi connectivity index (χ0) is 74.1. The van der Waals surface area contributed by atoms with Gasteiger partial charge in [0.25, 0.3) is 0 Å². The van der Waals surface area contributed by atoms with Crippen LogP contribution in [-0.2, 0) is 19.1 Å². The van der Waals surface area contributed by atoms with Gasteiger partial charge in [-0.1, -0.05) is 119 Å². The molecule has 0 bridgehead atoms. The Morgan fingerprint density at radius 1 is 0.524 bits per heavy atom. The van der Waals surface area contributed by atoms with Crippen molar-refractivity contribution in [3.05, 3.63) is 182 Å². The summed E-state index contributed by atoms with van der Waals surface area (Å²) in [6.45, 7) is 27.3. The third-order valence-electron chi connectivity index (χ3n) is 16.3. The zero-order valence-electron chi connectivity index (χ0n) is 58.0. The van der Waals surface area contributed by atoms with Gasteiger partial charge in [-0.3, -0.25) is 14.5 Å². The second-order valence-electron chi connectivity index (χ2n) is 24.6. The molecule has 0 radical (unpaired) electrons. The average Bonchev–Trinajstić information content (AvgIpc) is 0.782. The third-order valence-corrected chi connectivity index (χ3v) is 18.2. The van der Waals surface area contributed by atoms with Crippen molar-refractivity contribution < 1.29 is 23.9 Å². The van der Waals surface area contributed by atoms with Crippen LogP contribution in [0.1, 0.15) is 64.9 Å². The van der Waals surface area contributed by atoms with E-state index in [1.54, 1.807) is 0 Å². The maximum Gasteiger partial charge on any atom is 0.411 e. The highest BCUT2D eigenvalue weighted by molar-refractivity contribution is 6.66. The minimum absolute atomic E-state index is 0. The molecule has 536 valence electrons. The number of aromatic nitrogens is 6. The number of aryl methyl sites for hydroxylation is 3. The van der Waals surface area contributed by atoms with Crippen molar-refractivity contribution in [3.63, 3.8) is 0 Å². The molecule has 0 saturated carbocycles. The number of ether oxygens (including phenoxy) is 2. The van der Waals surface area contributed by atoms with Crippen LogP contribution in [0.2, 0.25) is 30.1 Å². The second-order valence-corrected chi connectivity index (χ2v) is 27.6. The number of piperidine rings is 1. The summed E-state index contributed by atoms with van der Waals surface area (Å²) in [4.78, 5) is 71.3. The van der Waals surface area contributed by atoms with Gasteiger partial charge >= 0.3 is 6.09 Å². The lowest BCUT2D eigenvalue weighted by Gasteiger charge is -2.39. The van der Waals surface area contributed by atoms with Crippen LogP contribution in [0, 0.1) is 60.7 Å². The van der Waals surface area contributed by atoms with Crippen molar-refractivity contribution >= 4 is 161 Å². The fourth-order valence-electron chi connectivity index (χ4n) is 11.6. The van der Waals surface area contributed by atoms with Gasteiger partial charge in [0.15, 0.2) is 0 Å². The normalized spacial score (nSPS) is 15.5. The van der Waals surface area contributed by atoms with Crippen LogP contribution in [-0.4, -0.2) is 140 Å². The second kappa shape index (κ2) is 37.7. The van der Waals surface area contributed by atoms with Gasteiger partial charge in [-0.25, -0.2) is 34.7 Å². The molecule has 19 nitrogen and oxygen atoms in total. The molecule has 3 saturated heterocycles. The number of hydrogen-bond acceptors (Lipinski definition) is 17. The number of amides is 2. The summed E-state index contributed by atoms with van der Waals surface area (Å²) in [7, 11) is 0. The molecule has 3 atom stereocenters. The van der Waals surface area contributed by atoms with Gasteiger partial charge in [0.05, 0.1) is 68.8 Å². The minimum Gasteiger partial charge on any atom is -0.444 e. The summed E-state index contributed by atoms with van der Waals surface area (Å²) in [5.41, 5.74) is 7.07. The summed E-state index contributed by atoms with van der Waals surface area (Å²) < 4.78 is 10.3. The number of halogens is 8. The quantitative estimate of drug-likeness (QED) is 0.0914. The minimum atomic E-state index is -0.669. The van der Waals surface area contributed by atoms with E-state index in [4.69, 9.17) is 101 Å². The van der Waals surface area contributed by atoms with E-state index in [1.165, 1.54) is 15.9 Å². The Labute approximate surface area is 641 Å². The first-order valence-corrected chi connectivity index (χ1v) is 35.3. The fraction of sp³-hybridized carbons (Fsp3) is 0.316. The number of nitriles is 3. The topological polar surface area (TPSA) is 235 Å². The molecule has 27 heteroatoms. The van der Waals surface area contributed by atoms with Gasteiger partial charge < -0.3 is 29.1 Å². The Hall–Kier alpha value is -8.62. The lowest BCUT2D eigenvalue weighted by molar-refractivity contribution is -0.127. The van der Waals surface area contributed by atoms with Crippen LogP contribution < -0.4 is 14.7 Å². The predicted molar refractivity (Wildman–Crippen MR) is 418 cm³/mol. The SMILES string of the molecule is C=CC(=O)Cl.C=CC(=O)N1CCN(c2nc(C)nc3cc(Cl)c(-c4ccc(Cl)cc4)cc23)CC1C#N.CCOCC.Cc1nc(N2CCCC(C#N)C2)c2cc(-c3ccc(Cl)cc3)c(Cl)cc2n1.Cc1nc(N2CCN(C(=O)OC(C)(C)C)C(C#N)C2)c2cc(-c3ccc(Cl)cc3)c(Cl)cc2n1.Cl. The van der Waals surface area contributed by atoms with Crippen LogP contribution in [0.3, 0.4) is 0 Å². The van der Waals surface area contributed by atoms with Crippen LogP contribution in [0.5, 0.6) is 0 Å². The standard InChI is InChI=1S/C25H25Cl2N5O2.C23H19Cl2N5O.C21H18Cl2N4.C4H10O.C3H3ClO.ClH/c1-15-29-22-12-21(27)19(16-5-7-17(26)8-6-16)11-20(22)23(30-15)31-9-10-32(18(13-28)14-31)24(33)34-25(2,3)4;1-3-22(31)30-9-8-29(13-17(30)12-26)23-19-10-18(15-4-6-16(24)7-5-15)20(25)11-21(19)27-14(2)28-23;1-13-25-20-10-19(23)17(15-4-6-16(22)7-5-15)9-18(20)21(26-13)27-8-2-3-14(11-24)12-27;1-3-5-4-2;1-2-3(4)5;/h5-8,11-12,18H,9-10,14H2,1-4H3;3-7,10-11,17H,1,8-9,13H2,2H3;4-7,9-10,14H,2-3,8,12H2,1H3;3-4H2,1-2H3;2H,1H2;1H. The Balaban J connectivity index is 0.000000202. The molecule has 6 aromatic carbocycles. The van der Waals surface area contributed by atoms with Crippen molar-refractivity contribution in [2.24, 2.45) is 5.92 Å². The molecule has 3 aromatic heterocycles. The van der Waals surface area contributed by atoms with E-state index < -0.39 is 29.0 Å². The molecule has 3 aliphatic rings. The highest BCUT2D eigenvalue weighted by Gasteiger charge is 2.36. The van der Waals surface area contributed by atoms with Gasteiger partial charge in [0.1, 0.15) is 52.6 Å². The molecule has 12 rings (SSSR count). The maximum atomic E-state index is 12.6. The summed E-state index contributed by atoms with van der Waals surface area (Å²) in [6.07, 6.45) is 3.72. The Kier molecular flexibility index (Phi) is 29.9. The van der Waals surface area contributed by atoms with Crippen molar-refractivity contribution in [1.29, 1.82) is 15.8 Å². The molecule has 9 aromatic rings. The number of benzene rings is 6. The average molecular weight is 1550 g/mol. The molecular weight excluding hydrogens is 1470 g/mol. The Morgan fingerprint density at radius 3 is 1.18 bits per heavy atom. The Bertz CT molecular complexity index is 4680. The van der Waals surface area contributed by atoms with Crippen molar-refractivity contribution in [1.82, 2.24) is 39.7 Å². The largest absolute Gasteiger partial charge is 0.444 e. The molecule has 3 fully saturated rings. The highest BCUT2D eigenvalue weighted by Crippen LogP contribution is 2.40. The third kappa shape index (κ3) is 21.5. The van der Waals surface area contributed by atoms with Crippen LogP contribution >= 0.6 is 93.6 Å². The van der Waals surface area contributed by atoms with E-state index in [0.717, 1.165) is 111 Å². The van der Waals surface area contributed by atoms with Crippen LogP contribution in [0.25, 0.3) is 66.1 Å². The molecule has 0 spiro atoms. The number of anilines is 3. The molecular formula is C76H76Cl8N14O5. The first-order valence-electron chi connectivity index (χ1n) is 32.7. The number of allylic oxidation sites excluding steroid dienone is 1. The van der Waals surface area contributed by atoms with E-state index in [0.29, 0.717) is 105 Å². The zero-order valence-corrected chi connectivity index (χ0v) is 64.1. The van der Waals surface area contributed by atoms with E-state index >= 15 is 0 Å². The van der Waals surface area contributed by atoms with E-state index in [9.17, 15) is 30.2 Å². The molecule has 2 amide bonds. The van der Waals surface area contributed by atoms with Gasteiger partial charge in [-0.05, 0) is 181 Å². The lowest BCUT2D eigenvalue weighted by Crippen LogP contribution is -2.56. The number of nitrogens with zero attached hydrogens (tertiary/aromatic N) is 14. The molecule has 0 N–H and O–H groups in total. The summed E-state index contributed by atoms with van der Waals surface area (Å²) in [5.74, 6) is 4.01. The lowest BCUT2D eigenvalue weighted by atomic mass is 9.98. The molecule has 3 aliphatic heterocycles. The van der Waals surface area contributed by atoms with Gasteiger partial charge in [0.2, 0.25) is 11.1 Å². The van der Waals surface area contributed by atoms with Gasteiger partial charge in [-0.2, -0.15) is 15.8 Å². The molecule has 0 aliphatic carbocycles. The van der Waals surface area contributed by atoms with Gasteiger partial charge in [0, 0.05) is 100 Å². The summed E-state index contributed by atoms with van der Waals surface area (Å²) in [5, 5.41) is 34.6. The Morgan fingerprint density at radius 2 is 0.874 bits per heavy atom. The smallest absolute Gasteiger partial charge is 0.411 e. The van der Waals surface area contributed by atoms with Gasteiger partial charge in [-0.15, -0.1) is 12.4 Å². The molecule has 3 unspecified atom stereocenters. The number of hydrogen-bond donors (Lipinski definition) is 0. The number of carbonyl (C=O) groups excluding carboxylic acids is 3. The fourth-order valence-corrected chi connectivity index (χ4v) is 12.8. The maximum absolute atomic E-state index is 12.6. The summed E-state index contributed by atoms with van der Waals surface area (Å²) in [6, 6.07) is 39.7.